The van der Waals surface area contributed by atoms with Crippen molar-refractivity contribution < 1.29 is 27.5 Å². The van der Waals surface area contributed by atoms with Crippen LogP contribution >= 0.6 is 0 Å². The molecule has 4 aromatic rings. The van der Waals surface area contributed by atoms with Crippen molar-refractivity contribution in [1.29, 1.82) is 0 Å². The molecule has 1 aliphatic rings. The molecule has 4 heterocycles. The zero-order chi connectivity index (χ0) is 29.0. The molecular formula is C27H27F3N8O3. The fourth-order valence-electron chi connectivity index (χ4n) is 4.57. The highest BCUT2D eigenvalue weighted by molar-refractivity contribution is 6.03. The Hall–Kier alpha value is -4.88. The number of piperidine rings is 1. The molecule has 5 rings (SSSR count). The summed E-state index contributed by atoms with van der Waals surface area (Å²) in [5, 5.41) is 16.2. The average molecular weight is 569 g/mol. The Morgan fingerprint density at radius 2 is 1.90 bits per heavy atom. The van der Waals surface area contributed by atoms with E-state index in [2.05, 4.69) is 41.0 Å². The number of urea groups is 1. The van der Waals surface area contributed by atoms with Gasteiger partial charge < -0.3 is 25.6 Å². The lowest BCUT2D eigenvalue weighted by Gasteiger charge is -2.33. The van der Waals surface area contributed by atoms with E-state index >= 15 is 0 Å². The maximum atomic E-state index is 13.0. The SMILES string of the molecule is CCNC(=O)N[C@@H]1CCCN(c2n[nH]c3nccc(Oc4ccc(C(=O)Nc5cc(C(F)(F)F)ccn5)cc4)c23)C1. The Morgan fingerprint density at radius 3 is 2.66 bits per heavy atom. The van der Waals surface area contributed by atoms with Gasteiger partial charge in [-0.2, -0.15) is 18.3 Å². The highest BCUT2D eigenvalue weighted by atomic mass is 19.4. The van der Waals surface area contributed by atoms with E-state index in [4.69, 9.17) is 4.74 Å². The summed E-state index contributed by atoms with van der Waals surface area (Å²) < 4.78 is 45.0. The van der Waals surface area contributed by atoms with Crippen molar-refractivity contribution in [2.24, 2.45) is 0 Å². The molecule has 3 amide bonds. The number of rotatable bonds is 7. The zero-order valence-corrected chi connectivity index (χ0v) is 22.0. The van der Waals surface area contributed by atoms with Crippen molar-refractivity contribution in [3.8, 4) is 11.5 Å². The van der Waals surface area contributed by atoms with E-state index in [0.29, 0.717) is 41.4 Å². The summed E-state index contributed by atoms with van der Waals surface area (Å²) in [5.74, 6) is 0.733. The molecule has 1 atom stereocenters. The van der Waals surface area contributed by atoms with Gasteiger partial charge in [0.1, 0.15) is 22.7 Å². The molecule has 0 aliphatic carbocycles. The average Bonchev–Trinajstić information content (AvgIpc) is 3.39. The maximum Gasteiger partial charge on any atom is 0.416 e. The summed E-state index contributed by atoms with van der Waals surface area (Å²) >= 11 is 0. The molecule has 41 heavy (non-hydrogen) atoms. The van der Waals surface area contributed by atoms with Gasteiger partial charge in [-0.3, -0.25) is 9.89 Å². The molecule has 1 fully saturated rings. The first kappa shape index (κ1) is 27.7. The number of nitrogens with zero attached hydrogens (tertiary/aromatic N) is 4. The molecule has 1 saturated heterocycles. The number of alkyl halides is 3. The first-order valence-electron chi connectivity index (χ1n) is 13.0. The molecule has 4 N–H and O–H groups in total. The number of aromatic amines is 1. The number of H-pyrrole nitrogens is 1. The lowest BCUT2D eigenvalue weighted by molar-refractivity contribution is -0.137. The normalized spacial score (nSPS) is 15.4. The van der Waals surface area contributed by atoms with Crippen LogP contribution < -0.4 is 25.6 Å². The van der Waals surface area contributed by atoms with Crippen LogP contribution in [-0.2, 0) is 6.18 Å². The van der Waals surface area contributed by atoms with E-state index in [9.17, 15) is 22.8 Å². The minimum absolute atomic E-state index is 0.0482. The molecule has 14 heteroatoms. The molecular weight excluding hydrogens is 541 g/mol. The summed E-state index contributed by atoms with van der Waals surface area (Å²) in [6, 6.07) is 9.19. The lowest BCUT2D eigenvalue weighted by atomic mass is 10.1. The number of anilines is 2. The fraction of sp³-hybridized carbons (Fsp3) is 0.296. The van der Waals surface area contributed by atoms with Crippen molar-refractivity contribution in [1.82, 2.24) is 30.8 Å². The number of pyridine rings is 2. The third-order valence-electron chi connectivity index (χ3n) is 6.47. The van der Waals surface area contributed by atoms with Gasteiger partial charge in [0.05, 0.1) is 5.56 Å². The van der Waals surface area contributed by atoms with Crippen LogP contribution in [0.5, 0.6) is 11.5 Å². The number of ether oxygens (including phenoxy) is 1. The number of aromatic nitrogens is 4. The number of fused-ring (bicyclic) bond motifs is 1. The molecule has 11 nitrogen and oxygen atoms in total. The topological polar surface area (TPSA) is 137 Å². The van der Waals surface area contributed by atoms with Gasteiger partial charge in [-0.05, 0) is 56.2 Å². The number of benzene rings is 1. The Bertz CT molecular complexity index is 1540. The largest absolute Gasteiger partial charge is 0.456 e. The van der Waals surface area contributed by atoms with E-state index in [1.165, 1.54) is 12.1 Å². The Balaban J connectivity index is 1.30. The standard InChI is InChI=1S/C27H27F3N8O3/c1-2-31-26(40)34-18-4-3-13-38(15-18)24-22-20(10-12-33-23(22)36-37-24)41-19-7-5-16(6-8-19)25(39)35-21-14-17(9-11-32-21)27(28,29)30/h5-12,14,18H,2-4,13,15H2,1H3,(H2,31,34,40)(H,32,35,39)(H,33,36,37)/t18-/m1/s1. The van der Waals surface area contributed by atoms with Crippen LogP contribution in [-0.4, -0.2) is 57.8 Å². The molecule has 0 unspecified atom stereocenters. The van der Waals surface area contributed by atoms with E-state index in [0.717, 1.165) is 37.7 Å². The number of hydrogen-bond acceptors (Lipinski definition) is 7. The Morgan fingerprint density at radius 1 is 1.12 bits per heavy atom. The predicted octanol–water partition coefficient (Wildman–Crippen LogP) is 4.70. The zero-order valence-electron chi connectivity index (χ0n) is 22.0. The molecule has 0 spiro atoms. The van der Waals surface area contributed by atoms with Crippen molar-refractivity contribution in [2.45, 2.75) is 32.0 Å². The third kappa shape index (κ3) is 6.48. The molecule has 1 aromatic carbocycles. The number of carbonyl (C=O) groups is 2. The van der Waals surface area contributed by atoms with Crippen LogP contribution in [0.15, 0.2) is 54.9 Å². The van der Waals surface area contributed by atoms with Crippen LogP contribution in [0.25, 0.3) is 11.0 Å². The Labute approximate surface area is 232 Å². The highest BCUT2D eigenvalue weighted by Crippen LogP contribution is 2.35. The third-order valence-corrected chi connectivity index (χ3v) is 6.47. The number of nitrogens with one attached hydrogen (secondary N) is 4. The lowest BCUT2D eigenvalue weighted by Crippen LogP contribution is -2.50. The van der Waals surface area contributed by atoms with Crippen LogP contribution in [0.1, 0.15) is 35.7 Å². The fourth-order valence-corrected chi connectivity index (χ4v) is 4.57. The molecule has 0 saturated carbocycles. The first-order valence-corrected chi connectivity index (χ1v) is 13.0. The number of hydrogen-bond donors (Lipinski definition) is 4. The molecule has 214 valence electrons. The quantitative estimate of drug-likeness (QED) is 0.254. The van der Waals surface area contributed by atoms with Gasteiger partial charge in [0.25, 0.3) is 5.91 Å². The second kappa shape index (κ2) is 11.7. The summed E-state index contributed by atoms with van der Waals surface area (Å²) in [6.07, 6.45) is -0.271. The number of amides is 3. The van der Waals surface area contributed by atoms with Crippen molar-refractivity contribution in [2.75, 3.05) is 29.9 Å². The molecule has 1 aliphatic heterocycles. The smallest absolute Gasteiger partial charge is 0.416 e. The van der Waals surface area contributed by atoms with Gasteiger partial charge in [0.15, 0.2) is 11.5 Å². The van der Waals surface area contributed by atoms with Gasteiger partial charge in [-0.1, -0.05) is 0 Å². The summed E-state index contributed by atoms with van der Waals surface area (Å²) in [4.78, 5) is 34.8. The van der Waals surface area contributed by atoms with Gasteiger partial charge >= 0.3 is 12.2 Å². The molecule has 3 aromatic heterocycles. The van der Waals surface area contributed by atoms with Gasteiger partial charge in [-0.15, -0.1) is 0 Å². The second-order valence-electron chi connectivity index (χ2n) is 9.38. The van der Waals surface area contributed by atoms with E-state index in [1.54, 1.807) is 24.4 Å². The minimum Gasteiger partial charge on any atom is -0.456 e. The van der Waals surface area contributed by atoms with Crippen LogP contribution in [0.3, 0.4) is 0 Å². The minimum atomic E-state index is -4.55. The van der Waals surface area contributed by atoms with E-state index in [-0.39, 0.29) is 23.5 Å². The summed E-state index contributed by atoms with van der Waals surface area (Å²) in [5.41, 5.74) is -0.174. The van der Waals surface area contributed by atoms with E-state index < -0.39 is 17.6 Å². The monoisotopic (exact) mass is 568 g/mol. The van der Waals surface area contributed by atoms with E-state index in [1.807, 2.05) is 6.92 Å². The summed E-state index contributed by atoms with van der Waals surface area (Å²) in [6.45, 7) is 3.71. The summed E-state index contributed by atoms with van der Waals surface area (Å²) in [7, 11) is 0. The second-order valence-corrected chi connectivity index (χ2v) is 9.38. The Kier molecular flexibility index (Phi) is 7.90. The van der Waals surface area contributed by atoms with Crippen LogP contribution in [0, 0.1) is 0 Å². The molecule has 0 bridgehead atoms. The van der Waals surface area contributed by atoms with Gasteiger partial charge in [-0.25, -0.2) is 14.8 Å². The van der Waals surface area contributed by atoms with Crippen molar-refractivity contribution in [3.63, 3.8) is 0 Å². The molecule has 0 radical (unpaired) electrons. The van der Waals surface area contributed by atoms with Crippen molar-refractivity contribution in [3.05, 3.63) is 66.0 Å². The van der Waals surface area contributed by atoms with Crippen LogP contribution in [0.4, 0.5) is 29.6 Å². The predicted molar refractivity (Wildman–Crippen MR) is 145 cm³/mol. The van der Waals surface area contributed by atoms with Crippen LogP contribution in [0.2, 0.25) is 0 Å². The number of carbonyl (C=O) groups excluding carboxylic acids is 2. The first-order chi connectivity index (χ1) is 19.7. The van der Waals surface area contributed by atoms with Gasteiger partial charge in [0.2, 0.25) is 0 Å². The number of halogens is 3. The highest BCUT2D eigenvalue weighted by Gasteiger charge is 2.31. The van der Waals surface area contributed by atoms with Crippen molar-refractivity contribution >= 4 is 34.6 Å². The van der Waals surface area contributed by atoms with Gasteiger partial charge in [0, 0.05) is 49.7 Å². The maximum absolute atomic E-state index is 13.0.